The highest BCUT2D eigenvalue weighted by Crippen LogP contribution is 2.63. The number of carbonyl (C=O) groups excluding carboxylic acids is 7. The summed E-state index contributed by atoms with van der Waals surface area (Å²) in [6.45, 7) is 19.3. The van der Waals surface area contributed by atoms with Crippen LogP contribution in [-0.4, -0.2) is 126 Å². The molecule has 1 aromatic heterocycles. The highest BCUT2D eigenvalue weighted by Gasteiger charge is 2.66. The molecule has 27 nitrogen and oxygen atoms in total. The van der Waals surface area contributed by atoms with Crippen LogP contribution in [0.4, 0.5) is 0 Å². The molecule has 1 aromatic carbocycles. The van der Waals surface area contributed by atoms with E-state index in [9.17, 15) is 53.2 Å². The summed E-state index contributed by atoms with van der Waals surface area (Å²) in [6.07, 6.45) is -5.06. The first-order valence-corrected chi connectivity index (χ1v) is 31.6. The summed E-state index contributed by atoms with van der Waals surface area (Å²) in [7, 11) is -5.19. The lowest BCUT2D eigenvalue weighted by Gasteiger charge is -2.48. The minimum atomic E-state index is -5.19. The number of phosphoric acid groups is 1. The molecule has 0 radical (unpaired) electrons. The second-order valence-corrected chi connectivity index (χ2v) is 28.0. The van der Waals surface area contributed by atoms with Crippen molar-refractivity contribution in [1.82, 2.24) is 20.2 Å². The van der Waals surface area contributed by atoms with Crippen LogP contribution < -0.4 is 45.0 Å². The summed E-state index contributed by atoms with van der Waals surface area (Å²) in [5.41, 5.74) is 37.0. The quantitative estimate of drug-likeness (QED) is 0.0502. The van der Waals surface area contributed by atoms with Gasteiger partial charge >= 0.3 is 7.82 Å². The third kappa shape index (κ3) is 12.8. The monoisotopic (exact) mass is 1260 g/mol. The summed E-state index contributed by atoms with van der Waals surface area (Å²) in [5.74, 6) is -7.47. The molecule has 17 N–H and O–H groups in total. The van der Waals surface area contributed by atoms with Gasteiger partial charge in [-0.3, -0.25) is 57.6 Å². The number of aliphatic hydroxyl groups is 2. The second kappa shape index (κ2) is 25.0. The van der Waals surface area contributed by atoms with Gasteiger partial charge in [0, 0.05) is 125 Å². The number of aryl methyl sites for hydroxylation is 2. The first-order valence-electron chi connectivity index (χ1n) is 30.1. The maximum absolute atomic E-state index is 14.4. The van der Waals surface area contributed by atoms with Gasteiger partial charge in [-0.15, -0.1) is 0 Å². The highest BCUT2D eigenvalue weighted by atomic mass is 31.2. The van der Waals surface area contributed by atoms with E-state index in [4.69, 9.17) is 63.2 Å². The van der Waals surface area contributed by atoms with Gasteiger partial charge in [-0.25, -0.2) is 9.55 Å². The standard InChI is InChI=1S/C61H88N13O14P/c1-28-20-38-39(21-29(28)2)74(27-68-38)56-51(83)52(40(26-75)86-56)88-89(84,85)87-32(5)69-48(82)18-19-58(8)36(22-45(65)79)55-61(11)60(10,25-47(67)81)35(14-17-44(64)78)50(73-61)31(4)54-59(9,24-46(66)80)33(12-15-42(62)76)37(70-54)23-41-57(6,7)34(13-16-43(63)77)49(71-41)30(3)53(58)72-55/h20-21,23,27,32-36,40,51-52,55-56,70,75,83H,12-19,22,24-26H2,1-11H3,(H2,62,76)(H2,63,77)(H2,64,78)(H2,65,79)(H2,66,80)(H2,67,81)(H,69,82)(H,84,85)/t32-,33-,34-,35-,36+,40-,51-,52-,55?,56+,58-,59+,60+,61+/m1/s1. The number of nitrogens with one attached hydrogen (secondary N) is 2. The normalized spacial score (nSPS) is 32.3. The zero-order valence-electron chi connectivity index (χ0n) is 52.5. The van der Waals surface area contributed by atoms with Gasteiger partial charge in [-0.1, -0.05) is 34.6 Å². The Bertz CT molecular complexity index is 3520. The number of aliphatic imine (C=N–C) groups is 3. The number of phosphoric ester groups is 1. The highest BCUT2D eigenvalue weighted by molar-refractivity contribution is 7.47. The lowest BCUT2D eigenvalue weighted by molar-refractivity contribution is -0.125. The summed E-state index contributed by atoms with van der Waals surface area (Å²) in [6, 6.07) is 2.65. The van der Waals surface area contributed by atoms with Crippen molar-refractivity contribution in [2.45, 2.75) is 189 Å². The molecule has 8 bridgehead atoms. The molecule has 28 heteroatoms. The van der Waals surface area contributed by atoms with E-state index >= 15 is 0 Å². The van der Waals surface area contributed by atoms with E-state index in [0.29, 0.717) is 56.4 Å². The summed E-state index contributed by atoms with van der Waals surface area (Å²) in [4.78, 5) is 126. The molecule has 2 saturated heterocycles. The topological polar surface area (TPSA) is 460 Å². The van der Waals surface area contributed by atoms with E-state index in [1.165, 1.54) is 17.8 Å². The van der Waals surface area contributed by atoms with Gasteiger partial charge < -0.3 is 69.4 Å². The number of fused-ring (bicyclic) bond motifs is 7. The Labute approximate surface area is 517 Å². The van der Waals surface area contributed by atoms with E-state index in [-0.39, 0.29) is 70.6 Å². The molecule has 89 heavy (non-hydrogen) atoms. The van der Waals surface area contributed by atoms with Crippen LogP contribution in [-0.2, 0) is 51.9 Å². The first-order chi connectivity index (χ1) is 41.3. The Morgan fingerprint density at radius 1 is 0.798 bits per heavy atom. The number of carbonyl (C=O) groups is 7. The zero-order chi connectivity index (χ0) is 66.0. The lowest BCUT2D eigenvalue weighted by Crippen LogP contribution is -2.56. The van der Waals surface area contributed by atoms with E-state index in [0.717, 1.165) is 11.1 Å². The first kappa shape index (κ1) is 67.9. The molecular formula is C61H88N13O14P. The molecule has 15 atom stereocenters. The summed E-state index contributed by atoms with van der Waals surface area (Å²) in [5, 5.41) is 28.1. The number of rotatable bonds is 25. The molecule has 2 unspecified atom stereocenters. The molecular weight excluding hydrogens is 1170 g/mol. The van der Waals surface area contributed by atoms with Gasteiger partial charge in [0.25, 0.3) is 0 Å². The van der Waals surface area contributed by atoms with Crippen molar-refractivity contribution in [2.24, 2.45) is 94.7 Å². The number of ether oxygens (including phenoxy) is 1. The molecule has 0 spiro atoms. The third-order valence-corrected chi connectivity index (χ3v) is 21.4. The van der Waals surface area contributed by atoms with Crippen LogP contribution in [0.25, 0.3) is 11.0 Å². The van der Waals surface area contributed by atoms with E-state index in [2.05, 4.69) is 15.6 Å². The Morgan fingerprint density at radius 2 is 1.39 bits per heavy atom. The van der Waals surface area contributed by atoms with Crippen LogP contribution in [0, 0.1) is 59.2 Å². The molecule has 7 amide bonds. The Balaban J connectivity index is 1.23. The number of allylic oxidation sites excluding steroid dienone is 6. The van der Waals surface area contributed by atoms with E-state index < -0.39 is 143 Å². The van der Waals surface area contributed by atoms with Crippen molar-refractivity contribution in [3.05, 3.63) is 63.9 Å². The number of aliphatic hydroxyl groups excluding tert-OH is 2. The van der Waals surface area contributed by atoms with E-state index in [1.54, 1.807) is 6.92 Å². The molecule has 0 aliphatic carbocycles. The zero-order valence-corrected chi connectivity index (χ0v) is 53.4. The van der Waals surface area contributed by atoms with Crippen molar-refractivity contribution < 1.29 is 67.0 Å². The van der Waals surface area contributed by atoms with Gasteiger partial charge in [0.05, 0.1) is 35.5 Å². The fourth-order valence-corrected chi connectivity index (χ4v) is 16.4. The third-order valence-electron chi connectivity index (χ3n) is 20.3. The number of aromatic nitrogens is 2. The molecule has 8 rings (SSSR count). The molecule has 0 saturated carbocycles. The van der Waals surface area contributed by atoms with Gasteiger partial charge in [-0.2, -0.15) is 0 Å². The number of nitrogens with two attached hydrogens (primary N) is 6. The number of benzene rings is 1. The largest absolute Gasteiger partial charge is 0.474 e. The van der Waals surface area contributed by atoms with Crippen molar-refractivity contribution in [2.75, 3.05) is 6.61 Å². The predicted octanol–water partition coefficient (Wildman–Crippen LogP) is 3.12. The minimum Gasteiger partial charge on any atom is -0.394 e. The average Bonchev–Trinajstić information content (AvgIpc) is 1.54. The summed E-state index contributed by atoms with van der Waals surface area (Å²) >= 11 is 0. The second-order valence-electron chi connectivity index (χ2n) is 26.7. The maximum atomic E-state index is 14.4. The number of imidazole rings is 1. The molecule has 486 valence electrons. The SMILES string of the molecule is CC1=C2N=C(C=C3NC(=C(C)C4=N[C@@](C)(C5N=C1[C@](C)(CCC(=O)N[C@@H](C)OP(=O)(O)O[C@H]1[C@@H](O)[C@@H](n6cnc7cc(C)c(C)cc76)O[C@@H]1CO)[C@H]5CC(N)=O)[C@@](C)(CC(N)=O)[C@@H]4CCC(N)=O)[C@@](C)(CC(N)=O)[C@@H]3CCC(N)=O)C(C)(C)[C@@H]2CCC(N)=O. The molecule has 6 aliphatic rings. The number of hydrogen-bond acceptors (Lipinski definition) is 18. The molecule has 2 fully saturated rings. The Morgan fingerprint density at radius 3 is 1.98 bits per heavy atom. The number of primary amides is 6. The van der Waals surface area contributed by atoms with Crippen molar-refractivity contribution >= 4 is 77.3 Å². The molecule has 2 aromatic rings. The fraction of sp³-hybridized carbons (Fsp3) is 0.623. The van der Waals surface area contributed by atoms with Gasteiger partial charge in [0.15, 0.2) is 6.23 Å². The number of hydrogen-bond donors (Lipinski definition) is 11. The lowest BCUT2D eigenvalue weighted by atomic mass is 9.55. The molecule has 6 aliphatic heterocycles. The van der Waals surface area contributed by atoms with Crippen LogP contribution >= 0.6 is 7.82 Å². The van der Waals surface area contributed by atoms with E-state index in [1.807, 2.05) is 80.5 Å². The van der Waals surface area contributed by atoms with Crippen molar-refractivity contribution in [3.8, 4) is 0 Å². The van der Waals surface area contributed by atoms with Gasteiger partial charge in [-0.05, 0) is 108 Å². The fourth-order valence-electron chi connectivity index (χ4n) is 15.4. The van der Waals surface area contributed by atoms with Crippen LogP contribution in [0.3, 0.4) is 0 Å². The van der Waals surface area contributed by atoms with Crippen molar-refractivity contribution in [1.29, 1.82) is 0 Å². The maximum Gasteiger partial charge on any atom is 0.474 e. The van der Waals surface area contributed by atoms with Crippen LogP contribution in [0.1, 0.15) is 150 Å². The number of amides is 7. The van der Waals surface area contributed by atoms with Crippen LogP contribution in [0.5, 0.6) is 0 Å². The Kier molecular flexibility index (Phi) is 19.1. The van der Waals surface area contributed by atoms with Gasteiger partial charge in [0.2, 0.25) is 41.4 Å². The summed E-state index contributed by atoms with van der Waals surface area (Å²) < 4.78 is 32.3. The Hall–Kier alpha value is -7.00. The van der Waals surface area contributed by atoms with Crippen LogP contribution in [0.2, 0.25) is 0 Å². The smallest absolute Gasteiger partial charge is 0.394 e. The van der Waals surface area contributed by atoms with Crippen LogP contribution in [0.15, 0.2) is 67.8 Å². The molecule has 7 heterocycles. The average molecular weight is 1260 g/mol. The predicted molar refractivity (Wildman–Crippen MR) is 329 cm³/mol. The minimum absolute atomic E-state index is 0.0525. The number of nitrogens with zero attached hydrogens (tertiary/aromatic N) is 5. The van der Waals surface area contributed by atoms with Gasteiger partial charge in [0.1, 0.15) is 24.5 Å². The van der Waals surface area contributed by atoms with Crippen molar-refractivity contribution in [3.63, 3.8) is 0 Å².